The first-order valence-corrected chi connectivity index (χ1v) is 5.91. The SMILES string of the molecule is CCc1ccc(N2CCCCC2=O)cc1N. The van der Waals surface area contributed by atoms with Crippen LogP contribution in [0.15, 0.2) is 18.2 Å². The van der Waals surface area contributed by atoms with Crippen molar-refractivity contribution in [3.8, 4) is 0 Å². The quantitative estimate of drug-likeness (QED) is 0.774. The maximum Gasteiger partial charge on any atom is 0.226 e. The Bertz CT molecular complexity index is 401. The number of hydrogen-bond donors (Lipinski definition) is 1. The van der Waals surface area contributed by atoms with Crippen LogP contribution in [-0.4, -0.2) is 12.5 Å². The lowest BCUT2D eigenvalue weighted by Crippen LogP contribution is -2.35. The normalized spacial score (nSPS) is 16.6. The van der Waals surface area contributed by atoms with E-state index in [2.05, 4.69) is 6.92 Å². The van der Waals surface area contributed by atoms with E-state index in [9.17, 15) is 4.79 Å². The number of benzene rings is 1. The monoisotopic (exact) mass is 218 g/mol. The lowest BCUT2D eigenvalue weighted by Gasteiger charge is -2.27. The summed E-state index contributed by atoms with van der Waals surface area (Å²) in [5.41, 5.74) is 8.83. The van der Waals surface area contributed by atoms with Gasteiger partial charge in [0, 0.05) is 24.3 Å². The van der Waals surface area contributed by atoms with Crippen molar-refractivity contribution >= 4 is 17.3 Å². The molecule has 0 radical (unpaired) electrons. The highest BCUT2D eigenvalue weighted by molar-refractivity contribution is 5.94. The van der Waals surface area contributed by atoms with Gasteiger partial charge in [0.1, 0.15) is 0 Å². The zero-order chi connectivity index (χ0) is 11.5. The van der Waals surface area contributed by atoms with Crippen molar-refractivity contribution in [2.24, 2.45) is 0 Å². The van der Waals surface area contributed by atoms with Crippen LogP contribution < -0.4 is 10.6 Å². The molecule has 3 nitrogen and oxygen atoms in total. The van der Waals surface area contributed by atoms with Crippen molar-refractivity contribution in [3.63, 3.8) is 0 Å². The van der Waals surface area contributed by atoms with Crippen molar-refractivity contribution in [1.82, 2.24) is 0 Å². The van der Waals surface area contributed by atoms with Gasteiger partial charge in [-0.3, -0.25) is 4.79 Å². The van der Waals surface area contributed by atoms with Gasteiger partial charge in [-0.25, -0.2) is 0 Å². The van der Waals surface area contributed by atoms with E-state index in [0.29, 0.717) is 6.42 Å². The molecule has 1 aromatic carbocycles. The van der Waals surface area contributed by atoms with E-state index in [1.165, 1.54) is 0 Å². The minimum atomic E-state index is 0.217. The standard InChI is InChI=1S/C13H18N2O/c1-2-10-6-7-11(9-12(10)14)15-8-4-3-5-13(15)16/h6-7,9H,2-5,8,14H2,1H3. The molecule has 0 bridgehead atoms. The number of nitrogens with zero attached hydrogens (tertiary/aromatic N) is 1. The number of rotatable bonds is 2. The van der Waals surface area contributed by atoms with Crippen LogP contribution in [0.4, 0.5) is 11.4 Å². The fourth-order valence-electron chi connectivity index (χ4n) is 2.15. The second-order valence-corrected chi connectivity index (χ2v) is 4.24. The highest BCUT2D eigenvalue weighted by Gasteiger charge is 2.19. The van der Waals surface area contributed by atoms with E-state index >= 15 is 0 Å². The number of amides is 1. The summed E-state index contributed by atoms with van der Waals surface area (Å²) >= 11 is 0. The molecule has 0 unspecified atom stereocenters. The summed E-state index contributed by atoms with van der Waals surface area (Å²) in [4.78, 5) is 13.6. The average molecular weight is 218 g/mol. The van der Waals surface area contributed by atoms with Gasteiger partial charge < -0.3 is 10.6 Å². The Labute approximate surface area is 96.2 Å². The molecule has 2 N–H and O–H groups in total. The third kappa shape index (κ3) is 2.03. The summed E-state index contributed by atoms with van der Waals surface area (Å²) in [6, 6.07) is 5.94. The molecular weight excluding hydrogens is 200 g/mol. The lowest BCUT2D eigenvalue weighted by atomic mass is 10.1. The predicted octanol–water partition coefficient (Wildman–Crippen LogP) is 2.35. The summed E-state index contributed by atoms with van der Waals surface area (Å²) < 4.78 is 0. The van der Waals surface area contributed by atoms with Gasteiger partial charge in [-0.2, -0.15) is 0 Å². The van der Waals surface area contributed by atoms with E-state index in [0.717, 1.165) is 42.7 Å². The molecule has 2 rings (SSSR count). The van der Waals surface area contributed by atoms with E-state index in [1.807, 2.05) is 23.1 Å². The minimum absolute atomic E-state index is 0.217. The van der Waals surface area contributed by atoms with E-state index < -0.39 is 0 Å². The van der Waals surface area contributed by atoms with Crippen LogP contribution in [0, 0.1) is 0 Å². The van der Waals surface area contributed by atoms with Crippen LogP contribution >= 0.6 is 0 Å². The van der Waals surface area contributed by atoms with Crippen molar-refractivity contribution < 1.29 is 4.79 Å². The molecule has 0 spiro atoms. The molecule has 0 aliphatic carbocycles. The molecule has 1 aliphatic heterocycles. The Kier molecular flexibility index (Phi) is 3.13. The summed E-state index contributed by atoms with van der Waals surface area (Å²) in [5.74, 6) is 0.217. The number of hydrogen-bond acceptors (Lipinski definition) is 2. The smallest absolute Gasteiger partial charge is 0.226 e. The van der Waals surface area contributed by atoms with Gasteiger partial charge in [-0.1, -0.05) is 13.0 Å². The van der Waals surface area contributed by atoms with Crippen molar-refractivity contribution in [1.29, 1.82) is 0 Å². The number of carbonyl (C=O) groups is 1. The van der Waals surface area contributed by atoms with Gasteiger partial charge in [-0.05, 0) is 37.0 Å². The van der Waals surface area contributed by atoms with Crippen LogP contribution in [0.25, 0.3) is 0 Å². The number of anilines is 2. The van der Waals surface area contributed by atoms with Gasteiger partial charge in [0.25, 0.3) is 0 Å². The van der Waals surface area contributed by atoms with Gasteiger partial charge in [-0.15, -0.1) is 0 Å². The maximum atomic E-state index is 11.7. The summed E-state index contributed by atoms with van der Waals surface area (Å²) in [6.45, 7) is 2.90. The van der Waals surface area contributed by atoms with E-state index in [1.54, 1.807) is 0 Å². The van der Waals surface area contributed by atoms with Gasteiger partial charge in [0.15, 0.2) is 0 Å². The fourth-order valence-corrected chi connectivity index (χ4v) is 2.15. The number of piperidine rings is 1. The molecule has 1 aliphatic rings. The second-order valence-electron chi connectivity index (χ2n) is 4.24. The van der Waals surface area contributed by atoms with Crippen molar-refractivity contribution in [2.75, 3.05) is 17.2 Å². The number of nitrogen functional groups attached to an aromatic ring is 1. The zero-order valence-electron chi connectivity index (χ0n) is 9.70. The van der Waals surface area contributed by atoms with Crippen molar-refractivity contribution in [2.45, 2.75) is 32.6 Å². The predicted molar refractivity (Wildman–Crippen MR) is 66.4 cm³/mol. The average Bonchev–Trinajstić information content (AvgIpc) is 2.29. The van der Waals surface area contributed by atoms with Crippen LogP contribution in [0.3, 0.4) is 0 Å². The number of aryl methyl sites for hydroxylation is 1. The highest BCUT2D eigenvalue weighted by Crippen LogP contribution is 2.25. The first kappa shape index (κ1) is 11.0. The Balaban J connectivity index is 2.26. The van der Waals surface area contributed by atoms with Gasteiger partial charge in [0.2, 0.25) is 5.91 Å². The molecule has 3 heteroatoms. The summed E-state index contributed by atoms with van der Waals surface area (Å²) in [7, 11) is 0. The van der Waals surface area contributed by atoms with Crippen LogP contribution in [-0.2, 0) is 11.2 Å². The molecule has 0 saturated carbocycles. The third-order valence-corrected chi connectivity index (χ3v) is 3.15. The largest absolute Gasteiger partial charge is 0.398 e. The lowest BCUT2D eigenvalue weighted by molar-refractivity contribution is -0.119. The molecule has 16 heavy (non-hydrogen) atoms. The van der Waals surface area contributed by atoms with Gasteiger partial charge >= 0.3 is 0 Å². The van der Waals surface area contributed by atoms with Gasteiger partial charge in [0.05, 0.1) is 0 Å². The summed E-state index contributed by atoms with van der Waals surface area (Å²) in [6.07, 6.45) is 3.69. The topological polar surface area (TPSA) is 46.3 Å². The molecule has 1 heterocycles. The van der Waals surface area contributed by atoms with Crippen LogP contribution in [0.2, 0.25) is 0 Å². The first-order chi connectivity index (χ1) is 7.72. The maximum absolute atomic E-state index is 11.7. The molecule has 1 aromatic rings. The molecule has 1 fully saturated rings. The third-order valence-electron chi connectivity index (χ3n) is 3.15. The molecule has 1 amide bonds. The Morgan fingerprint density at radius 3 is 2.81 bits per heavy atom. The van der Waals surface area contributed by atoms with Crippen LogP contribution in [0.5, 0.6) is 0 Å². The Morgan fingerprint density at radius 2 is 2.19 bits per heavy atom. The van der Waals surface area contributed by atoms with E-state index in [-0.39, 0.29) is 5.91 Å². The minimum Gasteiger partial charge on any atom is -0.398 e. The second kappa shape index (κ2) is 4.56. The first-order valence-electron chi connectivity index (χ1n) is 5.91. The highest BCUT2D eigenvalue weighted by atomic mass is 16.2. The Hall–Kier alpha value is -1.51. The molecule has 0 atom stereocenters. The fraction of sp³-hybridized carbons (Fsp3) is 0.462. The molecular formula is C13H18N2O. The summed E-state index contributed by atoms with van der Waals surface area (Å²) in [5, 5.41) is 0. The van der Waals surface area contributed by atoms with Crippen molar-refractivity contribution in [3.05, 3.63) is 23.8 Å². The Morgan fingerprint density at radius 1 is 1.38 bits per heavy atom. The van der Waals surface area contributed by atoms with E-state index in [4.69, 9.17) is 5.73 Å². The molecule has 0 aromatic heterocycles. The number of nitrogens with two attached hydrogens (primary N) is 1. The molecule has 1 saturated heterocycles. The molecule has 86 valence electrons. The van der Waals surface area contributed by atoms with Crippen LogP contribution in [0.1, 0.15) is 31.7 Å². The number of carbonyl (C=O) groups excluding carboxylic acids is 1. The zero-order valence-corrected chi connectivity index (χ0v) is 9.70.